The Labute approximate surface area is 177 Å². The van der Waals surface area contributed by atoms with Crippen LogP contribution in [0.25, 0.3) is 16.9 Å². The van der Waals surface area contributed by atoms with Crippen LogP contribution in [-0.2, 0) is 0 Å². The highest BCUT2D eigenvalue weighted by atomic mass is 35.5. The molecule has 0 aliphatic heterocycles. The fourth-order valence-corrected chi connectivity index (χ4v) is 2.73. The number of benzene rings is 2. The number of alkyl halides is 3. The van der Waals surface area contributed by atoms with E-state index in [1.165, 1.54) is 24.3 Å². The maximum atomic E-state index is 13.7. The van der Waals surface area contributed by atoms with Gasteiger partial charge < -0.3 is 10.4 Å². The van der Waals surface area contributed by atoms with Crippen molar-refractivity contribution in [1.82, 2.24) is 15.1 Å². The third-order valence-corrected chi connectivity index (χ3v) is 4.43. The Morgan fingerprint density at radius 2 is 1.84 bits per heavy atom. The van der Waals surface area contributed by atoms with Crippen LogP contribution < -0.4 is 10.9 Å². The van der Waals surface area contributed by atoms with Gasteiger partial charge in [0.15, 0.2) is 6.10 Å². The topological polar surface area (TPSA) is 84.2 Å². The maximum Gasteiger partial charge on any atom is 0.416 e. The first-order valence-corrected chi connectivity index (χ1v) is 9.13. The number of halogens is 5. The quantitative estimate of drug-likeness (QED) is 0.578. The first kappa shape index (κ1) is 22.4. The number of nitrogens with one attached hydrogen (secondary N) is 1. The highest BCUT2D eigenvalue weighted by Crippen LogP contribution is 2.21. The third kappa shape index (κ3) is 5.28. The summed E-state index contributed by atoms with van der Waals surface area (Å²) in [6.45, 7) is -1.15. The van der Waals surface area contributed by atoms with Gasteiger partial charge in [-0.25, -0.2) is 4.39 Å². The molecule has 1 heterocycles. The summed E-state index contributed by atoms with van der Waals surface area (Å²) in [6, 6.07) is 12.1. The largest absolute Gasteiger partial charge is 0.416 e. The molecule has 3 aromatic rings. The zero-order valence-electron chi connectivity index (χ0n) is 15.5. The molecule has 1 amide bonds. The molecular formula is C20H14ClF4N3O3. The highest BCUT2D eigenvalue weighted by molar-refractivity contribution is 6.30. The average Bonchev–Trinajstić information content (AvgIpc) is 2.72. The van der Waals surface area contributed by atoms with Crippen LogP contribution in [0, 0.1) is 5.82 Å². The van der Waals surface area contributed by atoms with Crippen LogP contribution in [0.15, 0.2) is 59.4 Å². The molecule has 0 fully saturated rings. The fraction of sp³-hybridized carbons (Fsp3) is 0.150. The number of aliphatic hydroxyl groups excluding tert-OH is 1. The second-order valence-corrected chi connectivity index (χ2v) is 6.85. The van der Waals surface area contributed by atoms with E-state index in [0.29, 0.717) is 10.6 Å². The van der Waals surface area contributed by atoms with Crippen molar-refractivity contribution in [3.63, 3.8) is 0 Å². The molecule has 0 aliphatic carbocycles. The number of hydrogen-bond acceptors (Lipinski definition) is 4. The number of aromatic nitrogens is 2. The summed E-state index contributed by atoms with van der Waals surface area (Å²) in [5.41, 5.74) is -0.966. The molecule has 6 nitrogen and oxygen atoms in total. The Hall–Kier alpha value is -3.24. The number of aliphatic hydroxyl groups is 1. The summed E-state index contributed by atoms with van der Waals surface area (Å²) in [6.07, 6.45) is -7.75. The first-order chi connectivity index (χ1) is 14.6. The van der Waals surface area contributed by atoms with E-state index < -0.39 is 41.7 Å². The second kappa shape index (κ2) is 8.86. The van der Waals surface area contributed by atoms with Crippen molar-refractivity contribution < 1.29 is 27.5 Å². The maximum absolute atomic E-state index is 13.7. The van der Waals surface area contributed by atoms with Crippen LogP contribution in [0.2, 0.25) is 5.02 Å². The minimum atomic E-state index is -4.94. The number of nitrogens with zero attached hydrogens (tertiary/aromatic N) is 2. The Morgan fingerprint density at radius 3 is 2.45 bits per heavy atom. The van der Waals surface area contributed by atoms with Crippen molar-refractivity contribution in [2.75, 3.05) is 6.54 Å². The van der Waals surface area contributed by atoms with Crippen LogP contribution in [0.3, 0.4) is 0 Å². The van der Waals surface area contributed by atoms with Gasteiger partial charge in [0.25, 0.3) is 11.5 Å². The lowest BCUT2D eigenvalue weighted by atomic mass is 10.1. The van der Waals surface area contributed by atoms with Crippen LogP contribution in [0.5, 0.6) is 0 Å². The van der Waals surface area contributed by atoms with Crippen molar-refractivity contribution >= 4 is 17.5 Å². The van der Waals surface area contributed by atoms with Gasteiger partial charge in [-0.05, 0) is 36.4 Å². The SMILES string of the molecule is O=C(NC[C@@H](O)C(F)(F)F)c1cc(-c2ccc(Cl)cc2)nn(-c2cccc(F)c2)c1=O. The summed E-state index contributed by atoms with van der Waals surface area (Å²) < 4.78 is 51.9. The number of rotatable bonds is 5. The summed E-state index contributed by atoms with van der Waals surface area (Å²) in [4.78, 5) is 25.3. The van der Waals surface area contributed by atoms with Crippen LogP contribution in [0.1, 0.15) is 10.4 Å². The minimum absolute atomic E-state index is 0.00481. The van der Waals surface area contributed by atoms with E-state index in [1.54, 1.807) is 12.1 Å². The molecule has 2 N–H and O–H groups in total. The normalized spacial score (nSPS) is 12.5. The van der Waals surface area contributed by atoms with E-state index in [0.717, 1.165) is 22.9 Å². The molecule has 11 heteroatoms. The van der Waals surface area contributed by atoms with E-state index in [2.05, 4.69) is 5.10 Å². The summed E-state index contributed by atoms with van der Waals surface area (Å²) >= 11 is 5.86. The second-order valence-electron chi connectivity index (χ2n) is 6.41. The minimum Gasteiger partial charge on any atom is -0.382 e. The predicted octanol–water partition coefficient (Wildman–Crippen LogP) is 3.35. The van der Waals surface area contributed by atoms with Gasteiger partial charge in [-0.1, -0.05) is 29.8 Å². The molecule has 0 saturated heterocycles. The molecule has 162 valence electrons. The monoisotopic (exact) mass is 455 g/mol. The number of amides is 1. The Kier molecular flexibility index (Phi) is 6.42. The Bertz CT molecular complexity index is 1160. The van der Waals surface area contributed by atoms with Crippen molar-refractivity contribution in [2.24, 2.45) is 0 Å². The van der Waals surface area contributed by atoms with Gasteiger partial charge in [0.05, 0.1) is 17.9 Å². The van der Waals surface area contributed by atoms with Crippen molar-refractivity contribution in [3.8, 4) is 16.9 Å². The van der Waals surface area contributed by atoms with E-state index in [9.17, 15) is 27.2 Å². The molecule has 3 rings (SSSR count). The lowest BCUT2D eigenvalue weighted by Crippen LogP contribution is -2.42. The highest BCUT2D eigenvalue weighted by Gasteiger charge is 2.38. The smallest absolute Gasteiger partial charge is 0.382 e. The van der Waals surface area contributed by atoms with Gasteiger partial charge in [0, 0.05) is 10.6 Å². The zero-order valence-corrected chi connectivity index (χ0v) is 16.3. The van der Waals surface area contributed by atoms with Crippen LogP contribution in [-0.4, -0.2) is 39.6 Å². The van der Waals surface area contributed by atoms with E-state index in [4.69, 9.17) is 16.7 Å². The van der Waals surface area contributed by atoms with E-state index in [-0.39, 0.29) is 11.4 Å². The molecule has 0 bridgehead atoms. The molecule has 1 aromatic heterocycles. The van der Waals surface area contributed by atoms with E-state index in [1.807, 2.05) is 5.32 Å². The Balaban J connectivity index is 2.08. The molecule has 31 heavy (non-hydrogen) atoms. The Morgan fingerprint density at radius 1 is 1.16 bits per heavy atom. The number of hydrogen-bond donors (Lipinski definition) is 2. The van der Waals surface area contributed by atoms with Crippen molar-refractivity contribution in [2.45, 2.75) is 12.3 Å². The van der Waals surface area contributed by atoms with E-state index >= 15 is 0 Å². The fourth-order valence-electron chi connectivity index (χ4n) is 2.60. The summed E-state index contributed by atoms with van der Waals surface area (Å²) in [7, 11) is 0. The van der Waals surface area contributed by atoms with Crippen molar-refractivity contribution in [1.29, 1.82) is 0 Å². The van der Waals surface area contributed by atoms with Gasteiger partial charge in [-0.2, -0.15) is 23.0 Å². The first-order valence-electron chi connectivity index (χ1n) is 8.75. The molecule has 0 unspecified atom stereocenters. The predicted molar refractivity (Wildman–Crippen MR) is 105 cm³/mol. The molecule has 2 aromatic carbocycles. The number of carbonyl (C=O) groups is 1. The average molecular weight is 456 g/mol. The van der Waals surface area contributed by atoms with Crippen LogP contribution in [0.4, 0.5) is 17.6 Å². The van der Waals surface area contributed by atoms with Gasteiger partial charge in [-0.3, -0.25) is 9.59 Å². The van der Waals surface area contributed by atoms with Gasteiger partial charge in [-0.15, -0.1) is 0 Å². The molecule has 0 aliphatic rings. The van der Waals surface area contributed by atoms with Gasteiger partial charge >= 0.3 is 6.18 Å². The lowest BCUT2D eigenvalue weighted by molar-refractivity contribution is -0.201. The summed E-state index contributed by atoms with van der Waals surface area (Å²) in [5.74, 6) is -1.82. The zero-order chi connectivity index (χ0) is 22.8. The molecular weight excluding hydrogens is 442 g/mol. The third-order valence-electron chi connectivity index (χ3n) is 4.18. The molecule has 0 saturated carbocycles. The number of carbonyl (C=O) groups excluding carboxylic acids is 1. The standard InChI is InChI=1S/C20H14ClF4N3O3/c21-12-6-4-11(5-7-12)16-9-15(18(30)26-10-17(29)20(23,24)25)19(31)28(27-16)14-3-1-2-13(22)8-14/h1-9,17,29H,10H2,(H,26,30)/t17-/m1/s1. The molecule has 0 spiro atoms. The molecule has 1 atom stereocenters. The van der Waals surface area contributed by atoms with Gasteiger partial charge in [0.1, 0.15) is 11.4 Å². The van der Waals surface area contributed by atoms with Crippen molar-refractivity contribution in [3.05, 3.63) is 81.4 Å². The summed E-state index contributed by atoms with van der Waals surface area (Å²) in [5, 5.41) is 15.5. The van der Waals surface area contributed by atoms with Gasteiger partial charge in [0.2, 0.25) is 0 Å². The lowest BCUT2D eigenvalue weighted by Gasteiger charge is -2.15. The molecule has 0 radical (unpaired) electrons. The van der Waals surface area contributed by atoms with Crippen LogP contribution >= 0.6 is 11.6 Å².